The average Bonchev–Trinajstić information content (AvgIpc) is 2.48. The molecule has 0 spiro atoms. The van der Waals surface area contributed by atoms with Gasteiger partial charge < -0.3 is 10.2 Å². The summed E-state index contributed by atoms with van der Waals surface area (Å²) < 4.78 is 0. The van der Waals surface area contributed by atoms with Crippen molar-refractivity contribution in [2.45, 2.75) is 65.0 Å². The molecule has 0 heterocycles. The molecular weight excluding hydrogens is 254 g/mol. The molecule has 0 saturated heterocycles. The Hall–Kier alpha value is -1.30. The Morgan fingerprint density at radius 3 is 2.40 bits per heavy atom. The summed E-state index contributed by atoms with van der Waals surface area (Å²) in [5, 5.41) is 3.09. The van der Waals surface area contributed by atoms with Gasteiger partial charge in [-0.2, -0.15) is 0 Å². The number of likely N-dealkylation sites (N-methyl/N-ethyl adjacent to an activating group) is 1. The topological polar surface area (TPSA) is 82.8 Å². The molecule has 0 aromatic rings. The summed E-state index contributed by atoms with van der Waals surface area (Å²) in [5.74, 6) is 6.10. The Bertz CT molecular complexity index is 322. The van der Waals surface area contributed by atoms with Gasteiger partial charge in [0.1, 0.15) is 6.04 Å². The highest BCUT2D eigenvalue weighted by Crippen LogP contribution is 2.20. The lowest BCUT2D eigenvalue weighted by Crippen LogP contribution is -2.52. The molecule has 6 heteroatoms. The van der Waals surface area contributed by atoms with E-state index in [2.05, 4.69) is 15.7 Å². The Labute approximate surface area is 122 Å². The zero-order chi connectivity index (χ0) is 15.0. The second-order valence-electron chi connectivity index (χ2n) is 5.29. The summed E-state index contributed by atoms with van der Waals surface area (Å²) in [6.07, 6.45) is 5.94. The lowest BCUT2D eigenvalue weighted by molar-refractivity contribution is -0.132. The first-order valence-electron chi connectivity index (χ1n) is 7.72. The van der Waals surface area contributed by atoms with E-state index >= 15 is 0 Å². The highest BCUT2D eigenvalue weighted by atomic mass is 16.2. The van der Waals surface area contributed by atoms with Crippen LogP contribution < -0.4 is 16.6 Å². The smallest absolute Gasteiger partial charge is 0.244 e. The third-order valence-electron chi connectivity index (χ3n) is 3.82. The Balaban J connectivity index is 2.57. The number of hydrogen-bond acceptors (Lipinski definition) is 3. The number of amides is 1. The summed E-state index contributed by atoms with van der Waals surface area (Å²) in [4.78, 5) is 18.6. The molecule has 20 heavy (non-hydrogen) atoms. The van der Waals surface area contributed by atoms with Crippen LogP contribution in [0.25, 0.3) is 0 Å². The van der Waals surface area contributed by atoms with Crippen molar-refractivity contribution in [3.63, 3.8) is 0 Å². The number of nitrogens with zero attached hydrogens (tertiary/aromatic N) is 2. The molecule has 0 aromatic carbocycles. The average molecular weight is 283 g/mol. The van der Waals surface area contributed by atoms with E-state index < -0.39 is 0 Å². The van der Waals surface area contributed by atoms with Gasteiger partial charge in [0.25, 0.3) is 0 Å². The van der Waals surface area contributed by atoms with Gasteiger partial charge >= 0.3 is 0 Å². The third kappa shape index (κ3) is 5.00. The lowest BCUT2D eigenvalue weighted by Gasteiger charge is -2.25. The van der Waals surface area contributed by atoms with E-state index in [9.17, 15) is 4.79 Å². The highest BCUT2D eigenvalue weighted by Gasteiger charge is 2.20. The van der Waals surface area contributed by atoms with Crippen molar-refractivity contribution >= 4 is 11.9 Å². The largest absolute Gasteiger partial charge is 0.344 e. The van der Waals surface area contributed by atoms with Gasteiger partial charge in [0.15, 0.2) is 0 Å². The maximum absolute atomic E-state index is 12.2. The van der Waals surface area contributed by atoms with Crippen LogP contribution in [0.2, 0.25) is 0 Å². The van der Waals surface area contributed by atoms with Gasteiger partial charge in [0.2, 0.25) is 11.9 Å². The third-order valence-corrected chi connectivity index (χ3v) is 3.82. The van der Waals surface area contributed by atoms with Crippen molar-refractivity contribution < 1.29 is 4.79 Å². The van der Waals surface area contributed by atoms with E-state index in [1.54, 1.807) is 4.90 Å². The van der Waals surface area contributed by atoms with Crippen LogP contribution in [0.15, 0.2) is 4.99 Å². The first-order valence-corrected chi connectivity index (χ1v) is 7.72. The van der Waals surface area contributed by atoms with Gasteiger partial charge in [-0.3, -0.25) is 10.2 Å². The number of guanidine groups is 1. The molecule has 0 aliphatic heterocycles. The van der Waals surface area contributed by atoms with Gasteiger partial charge in [-0.25, -0.2) is 10.8 Å². The van der Waals surface area contributed by atoms with Crippen molar-refractivity contribution in [3.05, 3.63) is 0 Å². The normalized spacial score (nSPS) is 18.5. The SMILES string of the molecule is CCN(CC)C(=O)C(C)NC(=NC1CCCCC1)NN. The number of rotatable bonds is 5. The van der Waals surface area contributed by atoms with E-state index in [1.807, 2.05) is 20.8 Å². The standard InChI is InChI=1S/C14H29N5O/c1-4-19(5-2)13(20)11(3)16-14(18-15)17-12-9-7-6-8-10-12/h11-12H,4-10,15H2,1-3H3,(H2,16,17,18). The van der Waals surface area contributed by atoms with E-state index in [1.165, 1.54) is 19.3 Å². The first kappa shape index (κ1) is 16.8. The second-order valence-corrected chi connectivity index (χ2v) is 5.29. The van der Waals surface area contributed by atoms with E-state index in [0.29, 0.717) is 25.1 Å². The molecule has 1 unspecified atom stereocenters. The molecule has 0 bridgehead atoms. The van der Waals surface area contributed by atoms with Crippen LogP contribution >= 0.6 is 0 Å². The van der Waals surface area contributed by atoms with E-state index in [-0.39, 0.29) is 11.9 Å². The molecule has 6 nitrogen and oxygen atoms in total. The van der Waals surface area contributed by atoms with E-state index in [4.69, 9.17) is 5.84 Å². The van der Waals surface area contributed by atoms with Crippen LogP contribution in [0.1, 0.15) is 52.9 Å². The lowest BCUT2D eigenvalue weighted by atomic mass is 9.96. The number of hydrogen-bond donors (Lipinski definition) is 3. The predicted octanol–water partition coefficient (Wildman–Crippen LogP) is 0.985. The monoisotopic (exact) mass is 283 g/mol. The molecule has 4 N–H and O–H groups in total. The number of hydrazine groups is 1. The molecule has 1 fully saturated rings. The van der Waals surface area contributed by atoms with Crippen molar-refractivity contribution in [2.24, 2.45) is 10.8 Å². The zero-order valence-electron chi connectivity index (χ0n) is 13.0. The molecule has 0 radical (unpaired) electrons. The number of nitrogens with two attached hydrogens (primary N) is 1. The minimum Gasteiger partial charge on any atom is -0.344 e. The molecular formula is C14H29N5O. The molecule has 1 aliphatic rings. The number of nitrogens with one attached hydrogen (secondary N) is 2. The van der Waals surface area contributed by atoms with Crippen molar-refractivity contribution in [2.75, 3.05) is 13.1 Å². The minimum atomic E-state index is -0.326. The molecule has 1 aliphatic carbocycles. The van der Waals surface area contributed by atoms with Gasteiger partial charge in [0.05, 0.1) is 6.04 Å². The fourth-order valence-electron chi connectivity index (χ4n) is 2.58. The zero-order valence-corrected chi connectivity index (χ0v) is 13.0. The minimum absolute atomic E-state index is 0.0709. The van der Waals surface area contributed by atoms with Crippen LogP contribution in [0.3, 0.4) is 0 Å². The van der Waals surface area contributed by atoms with Crippen LogP contribution in [-0.4, -0.2) is 41.9 Å². The highest BCUT2D eigenvalue weighted by molar-refractivity contribution is 5.88. The van der Waals surface area contributed by atoms with Crippen molar-refractivity contribution in [3.8, 4) is 0 Å². The summed E-state index contributed by atoms with van der Waals surface area (Å²) in [7, 11) is 0. The Kier molecular flexibility index (Phi) is 7.36. The van der Waals surface area contributed by atoms with Gasteiger partial charge in [-0.15, -0.1) is 0 Å². The quantitative estimate of drug-likeness (QED) is 0.304. The first-order chi connectivity index (χ1) is 9.62. The summed E-state index contributed by atoms with van der Waals surface area (Å²) in [6, 6.07) is -0.00801. The van der Waals surface area contributed by atoms with Crippen LogP contribution in [0, 0.1) is 0 Å². The van der Waals surface area contributed by atoms with Crippen LogP contribution in [0.5, 0.6) is 0 Å². The molecule has 116 valence electrons. The molecule has 1 rings (SSSR count). The van der Waals surface area contributed by atoms with Gasteiger partial charge in [-0.1, -0.05) is 19.3 Å². The van der Waals surface area contributed by atoms with Crippen LogP contribution in [0.4, 0.5) is 0 Å². The number of carbonyl (C=O) groups is 1. The second kappa shape index (κ2) is 8.79. The predicted molar refractivity (Wildman–Crippen MR) is 82.2 cm³/mol. The Morgan fingerprint density at radius 1 is 1.30 bits per heavy atom. The maximum Gasteiger partial charge on any atom is 0.244 e. The van der Waals surface area contributed by atoms with Crippen molar-refractivity contribution in [1.29, 1.82) is 0 Å². The summed E-state index contributed by atoms with van der Waals surface area (Å²) >= 11 is 0. The maximum atomic E-state index is 12.2. The summed E-state index contributed by atoms with van der Waals surface area (Å²) in [6.45, 7) is 7.23. The fraction of sp³-hybridized carbons (Fsp3) is 0.857. The van der Waals surface area contributed by atoms with Gasteiger partial charge in [-0.05, 0) is 33.6 Å². The number of aliphatic imine (C=N–C) groups is 1. The summed E-state index contributed by atoms with van der Waals surface area (Å²) in [5.41, 5.74) is 2.58. The Morgan fingerprint density at radius 2 is 1.90 bits per heavy atom. The van der Waals surface area contributed by atoms with E-state index in [0.717, 1.165) is 12.8 Å². The molecule has 1 amide bonds. The van der Waals surface area contributed by atoms with Crippen LogP contribution in [-0.2, 0) is 4.79 Å². The van der Waals surface area contributed by atoms with Crippen molar-refractivity contribution in [1.82, 2.24) is 15.6 Å². The fourth-order valence-corrected chi connectivity index (χ4v) is 2.58. The van der Waals surface area contributed by atoms with Gasteiger partial charge in [0, 0.05) is 13.1 Å². The number of carbonyl (C=O) groups excluding carboxylic acids is 1. The molecule has 0 aromatic heterocycles. The molecule has 1 atom stereocenters. The molecule has 1 saturated carbocycles.